The summed E-state index contributed by atoms with van der Waals surface area (Å²) in [6, 6.07) is 0. The molecule has 0 aliphatic heterocycles. The first kappa shape index (κ1) is 16.8. The van der Waals surface area contributed by atoms with Crippen molar-refractivity contribution in [3.8, 4) is 0 Å². The molecule has 0 fully saturated rings. The Morgan fingerprint density at radius 1 is 1.23 bits per heavy atom. The Kier molecular flexibility index (Phi) is 5.12. The number of aliphatic hydroxyl groups is 1. The fourth-order valence-electron chi connectivity index (χ4n) is 2.51. The van der Waals surface area contributed by atoms with Gasteiger partial charge in [0.1, 0.15) is 0 Å². The van der Waals surface area contributed by atoms with E-state index in [1.54, 1.807) is 25.6 Å². The van der Waals surface area contributed by atoms with Gasteiger partial charge in [0.25, 0.3) is 5.56 Å². The summed E-state index contributed by atoms with van der Waals surface area (Å²) in [4.78, 5) is 29.3. The van der Waals surface area contributed by atoms with E-state index in [1.165, 1.54) is 20.9 Å². The molecule has 0 aliphatic carbocycles. The lowest BCUT2D eigenvalue weighted by atomic mass is 10.2. The Bertz CT molecular complexity index is 788. The maximum atomic E-state index is 12.6. The predicted octanol–water partition coefficient (Wildman–Crippen LogP) is 0.707. The zero-order chi connectivity index (χ0) is 16.4. The van der Waals surface area contributed by atoms with Crippen molar-refractivity contribution in [2.45, 2.75) is 44.0 Å². The van der Waals surface area contributed by atoms with E-state index < -0.39 is 0 Å². The molecule has 2 rings (SSSR count). The Morgan fingerprint density at radius 3 is 2.50 bits per heavy atom. The quantitative estimate of drug-likeness (QED) is 0.624. The summed E-state index contributed by atoms with van der Waals surface area (Å²) in [6.45, 7) is 2.09. The summed E-state index contributed by atoms with van der Waals surface area (Å²) in [7, 11) is 3.42. The molecule has 0 aliphatic rings. The zero-order valence-electron chi connectivity index (χ0n) is 13.4. The highest BCUT2D eigenvalue weighted by molar-refractivity contribution is 7.98. The molecule has 8 heteroatoms. The summed E-state index contributed by atoms with van der Waals surface area (Å²) in [5.74, 6) is 0. The largest absolute Gasteiger partial charge is 0.393 e. The monoisotopic (exact) mass is 326 g/mol. The highest BCUT2D eigenvalue weighted by Gasteiger charge is 2.17. The highest BCUT2D eigenvalue weighted by Crippen LogP contribution is 2.17. The fourth-order valence-corrected chi connectivity index (χ4v) is 3.06. The van der Waals surface area contributed by atoms with Gasteiger partial charge in [0.15, 0.2) is 16.3 Å². The van der Waals surface area contributed by atoms with Crippen LogP contribution in [0.5, 0.6) is 0 Å². The molecule has 7 nitrogen and oxygen atoms in total. The minimum Gasteiger partial charge on any atom is -0.393 e. The van der Waals surface area contributed by atoms with Gasteiger partial charge in [0, 0.05) is 20.6 Å². The van der Waals surface area contributed by atoms with Gasteiger partial charge in [-0.05, 0) is 32.4 Å². The van der Waals surface area contributed by atoms with Crippen molar-refractivity contribution in [3.63, 3.8) is 0 Å². The van der Waals surface area contributed by atoms with Crippen LogP contribution < -0.4 is 11.2 Å². The lowest BCUT2D eigenvalue weighted by Crippen LogP contribution is -2.39. The van der Waals surface area contributed by atoms with Crippen LogP contribution in [-0.2, 0) is 20.6 Å². The standard InChI is InChI=1S/C14H22N4O3S/c1-9(19)7-5-6-8-18-12(20)10-11(17(3)14(18)21)15-13(22-4)16(10)2/h9,19H,5-8H2,1-4H3/t9-/m1/s1. The van der Waals surface area contributed by atoms with E-state index in [0.29, 0.717) is 35.7 Å². The zero-order valence-corrected chi connectivity index (χ0v) is 14.2. The normalized spacial score (nSPS) is 13.0. The van der Waals surface area contributed by atoms with Crippen molar-refractivity contribution >= 4 is 22.9 Å². The average molecular weight is 326 g/mol. The molecular weight excluding hydrogens is 304 g/mol. The van der Waals surface area contributed by atoms with Crippen molar-refractivity contribution in [2.75, 3.05) is 6.26 Å². The lowest BCUT2D eigenvalue weighted by molar-refractivity contribution is 0.180. The Hall–Kier alpha value is -1.54. The van der Waals surface area contributed by atoms with Gasteiger partial charge >= 0.3 is 5.69 Å². The van der Waals surface area contributed by atoms with Crippen LogP contribution >= 0.6 is 11.8 Å². The van der Waals surface area contributed by atoms with Gasteiger partial charge < -0.3 is 9.67 Å². The van der Waals surface area contributed by atoms with Crippen LogP contribution in [0, 0.1) is 0 Å². The molecule has 2 aromatic rings. The number of aliphatic hydroxyl groups excluding tert-OH is 1. The number of aryl methyl sites for hydroxylation is 2. The van der Waals surface area contributed by atoms with Crippen molar-refractivity contribution in [2.24, 2.45) is 14.1 Å². The number of rotatable bonds is 6. The summed E-state index contributed by atoms with van der Waals surface area (Å²) in [5, 5.41) is 9.96. The first-order valence-corrected chi connectivity index (χ1v) is 8.49. The Morgan fingerprint density at radius 2 is 1.91 bits per heavy atom. The SMILES string of the molecule is CSc1nc2c(c(=O)n(CCCC[C@@H](C)O)c(=O)n2C)n1C. The van der Waals surface area contributed by atoms with Crippen LogP contribution in [0.4, 0.5) is 0 Å². The summed E-state index contributed by atoms with van der Waals surface area (Å²) < 4.78 is 4.41. The Balaban J connectivity index is 2.45. The van der Waals surface area contributed by atoms with Crippen molar-refractivity contribution in [3.05, 3.63) is 20.8 Å². The van der Waals surface area contributed by atoms with Crippen LogP contribution in [0.15, 0.2) is 14.7 Å². The minimum atomic E-state index is -0.358. The molecule has 1 atom stereocenters. The van der Waals surface area contributed by atoms with E-state index in [4.69, 9.17) is 0 Å². The first-order valence-electron chi connectivity index (χ1n) is 7.26. The third-order valence-corrected chi connectivity index (χ3v) is 4.49. The number of hydrogen-bond donors (Lipinski definition) is 1. The van der Waals surface area contributed by atoms with E-state index in [-0.39, 0.29) is 17.4 Å². The smallest absolute Gasteiger partial charge is 0.332 e. The number of thioether (sulfide) groups is 1. The van der Waals surface area contributed by atoms with Crippen LogP contribution in [0.1, 0.15) is 26.2 Å². The maximum absolute atomic E-state index is 12.6. The molecule has 0 saturated heterocycles. The highest BCUT2D eigenvalue weighted by atomic mass is 32.2. The molecule has 0 amide bonds. The lowest BCUT2D eigenvalue weighted by Gasteiger charge is -2.09. The van der Waals surface area contributed by atoms with Gasteiger partial charge in [0.05, 0.1) is 6.10 Å². The van der Waals surface area contributed by atoms with Gasteiger partial charge in [-0.3, -0.25) is 13.9 Å². The molecule has 0 unspecified atom stereocenters. The van der Waals surface area contributed by atoms with E-state index in [1.807, 2.05) is 6.26 Å². The van der Waals surface area contributed by atoms with E-state index in [0.717, 1.165) is 6.42 Å². The molecular formula is C14H22N4O3S. The molecule has 0 aromatic carbocycles. The van der Waals surface area contributed by atoms with E-state index in [9.17, 15) is 14.7 Å². The van der Waals surface area contributed by atoms with Crippen molar-refractivity contribution < 1.29 is 5.11 Å². The number of aromatic nitrogens is 4. The van der Waals surface area contributed by atoms with Gasteiger partial charge in [-0.15, -0.1) is 0 Å². The average Bonchev–Trinajstić information content (AvgIpc) is 2.81. The predicted molar refractivity (Wildman–Crippen MR) is 87.5 cm³/mol. The number of nitrogens with zero attached hydrogens (tertiary/aromatic N) is 4. The van der Waals surface area contributed by atoms with Crippen molar-refractivity contribution in [1.82, 2.24) is 18.7 Å². The number of unbranched alkanes of at least 4 members (excludes halogenated alkanes) is 1. The first-order chi connectivity index (χ1) is 10.4. The maximum Gasteiger partial charge on any atom is 0.332 e. The molecule has 1 N–H and O–H groups in total. The molecule has 22 heavy (non-hydrogen) atoms. The number of fused-ring (bicyclic) bond motifs is 1. The van der Waals surface area contributed by atoms with Crippen LogP contribution in [0.2, 0.25) is 0 Å². The molecule has 0 saturated carbocycles. The second-order valence-electron chi connectivity index (χ2n) is 5.47. The molecule has 122 valence electrons. The van der Waals surface area contributed by atoms with Gasteiger partial charge in [-0.2, -0.15) is 0 Å². The topological polar surface area (TPSA) is 82.1 Å². The van der Waals surface area contributed by atoms with Gasteiger partial charge in [-0.25, -0.2) is 9.78 Å². The number of hydrogen-bond acceptors (Lipinski definition) is 5. The van der Waals surface area contributed by atoms with Gasteiger partial charge in [-0.1, -0.05) is 11.8 Å². The van der Waals surface area contributed by atoms with Crippen LogP contribution in [0.3, 0.4) is 0 Å². The van der Waals surface area contributed by atoms with Crippen LogP contribution in [-0.4, -0.2) is 36.2 Å². The summed E-state index contributed by atoms with van der Waals surface area (Å²) >= 11 is 1.44. The van der Waals surface area contributed by atoms with Crippen molar-refractivity contribution in [1.29, 1.82) is 0 Å². The van der Waals surface area contributed by atoms with Gasteiger partial charge in [0.2, 0.25) is 0 Å². The van der Waals surface area contributed by atoms with E-state index in [2.05, 4.69) is 4.98 Å². The third-order valence-electron chi connectivity index (χ3n) is 3.76. The molecule has 2 aromatic heterocycles. The molecule has 0 spiro atoms. The summed E-state index contributed by atoms with van der Waals surface area (Å²) in [5.41, 5.74) is 0.217. The fraction of sp³-hybridized carbons (Fsp3) is 0.643. The van der Waals surface area contributed by atoms with Crippen LogP contribution in [0.25, 0.3) is 11.2 Å². The molecule has 2 heterocycles. The Labute approximate surface area is 132 Å². The van der Waals surface area contributed by atoms with E-state index >= 15 is 0 Å². The second-order valence-corrected chi connectivity index (χ2v) is 6.25. The molecule has 0 radical (unpaired) electrons. The molecule has 0 bridgehead atoms. The third kappa shape index (κ3) is 2.98. The summed E-state index contributed by atoms with van der Waals surface area (Å²) in [6.07, 6.45) is 3.64. The minimum absolute atomic E-state index is 0.301. The second kappa shape index (κ2) is 6.70. The number of imidazole rings is 1.